The molecule has 0 saturated heterocycles. The summed E-state index contributed by atoms with van der Waals surface area (Å²) >= 11 is 0. The number of hydrogen-bond donors (Lipinski definition) is 2. The van der Waals surface area contributed by atoms with Crippen LogP contribution in [-0.4, -0.2) is 50.3 Å². The fraction of sp³-hybridized carbons (Fsp3) is 0.333. The summed E-state index contributed by atoms with van der Waals surface area (Å²) in [7, 11) is 3.50. The monoisotopic (exact) mass is 374 g/mol. The molecule has 0 fully saturated rings. The molecular formula is C21H22N6O. The summed E-state index contributed by atoms with van der Waals surface area (Å²) in [6.07, 6.45) is 6.12. The van der Waals surface area contributed by atoms with Gasteiger partial charge in [-0.25, -0.2) is 4.98 Å². The topological polar surface area (TPSA) is 90.6 Å². The maximum Gasteiger partial charge on any atom is 0.274 e. The Morgan fingerprint density at radius 1 is 1.07 bits per heavy atom. The second kappa shape index (κ2) is 6.15. The Balaban J connectivity index is 1.90. The summed E-state index contributed by atoms with van der Waals surface area (Å²) in [6, 6.07) is 3.99. The molecule has 1 aromatic carbocycles. The molecule has 3 aromatic heterocycles. The maximum atomic E-state index is 12.7. The molecule has 7 heteroatoms. The van der Waals surface area contributed by atoms with E-state index in [1.165, 1.54) is 11.1 Å². The van der Waals surface area contributed by atoms with E-state index in [9.17, 15) is 4.79 Å². The number of aromatic amines is 2. The van der Waals surface area contributed by atoms with Gasteiger partial charge in [0.2, 0.25) is 0 Å². The highest BCUT2D eigenvalue weighted by atomic mass is 16.2. The minimum atomic E-state index is -0.0990. The summed E-state index contributed by atoms with van der Waals surface area (Å²) in [5, 5.41) is 16.6. The summed E-state index contributed by atoms with van der Waals surface area (Å²) in [5.41, 5.74) is 7.90. The Hall–Kier alpha value is -3.22. The molecule has 142 valence electrons. The van der Waals surface area contributed by atoms with E-state index in [1.54, 1.807) is 19.0 Å². The first-order valence-electron chi connectivity index (χ1n) is 9.60. The number of carbonyl (C=O) groups excluding carboxylic acids is 1. The number of fused-ring (bicyclic) bond motifs is 5. The Morgan fingerprint density at radius 3 is 2.57 bits per heavy atom. The van der Waals surface area contributed by atoms with Crippen molar-refractivity contribution in [3.8, 4) is 11.3 Å². The molecule has 1 amide bonds. The molecule has 3 heterocycles. The van der Waals surface area contributed by atoms with Crippen molar-refractivity contribution in [3.05, 3.63) is 40.8 Å². The van der Waals surface area contributed by atoms with Crippen LogP contribution < -0.4 is 0 Å². The summed E-state index contributed by atoms with van der Waals surface area (Å²) < 4.78 is 0. The van der Waals surface area contributed by atoms with Crippen LogP contribution in [0.25, 0.3) is 33.1 Å². The van der Waals surface area contributed by atoms with Crippen molar-refractivity contribution in [2.45, 2.75) is 32.6 Å². The number of aromatic nitrogens is 5. The molecule has 0 unspecified atom stereocenters. The highest BCUT2D eigenvalue weighted by Crippen LogP contribution is 2.39. The van der Waals surface area contributed by atoms with Crippen LogP contribution in [0.3, 0.4) is 0 Å². The number of H-pyrrole nitrogens is 2. The van der Waals surface area contributed by atoms with Crippen LogP contribution in [0.15, 0.2) is 18.3 Å². The van der Waals surface area contributed by atoms with Gasteiger partial charge >= 0.3 is 0 Å². The van der Waals surface area contributed by atoms with Crippen molar-refractivity contribution in [3.63, 3.8) is 0 Å². The minimum absolute atomic E-state index is 0.0990. The van der Waals surface area contributed by atoms with Crippen LogP contribution in [0.5, 0.6) is 0 Å². The van der Waals surface area contributed by atoms with E-state index in [0.717, 1.165) is 64.4 Å². The van der Waals surface area contributed by atoms with Crippen molar-refractivity contribution in [1.29, 1.82) is 0 Å². The minimum Gasteiger partial charge on any atom is -0.343 e. The lowest BCUT2D eigenvalue weighted by Gasteiger charge is -2.22. The number of carbonyl (C=O) groups is 1. The molecule has 5 rings (SSSR count). The lowest BCUT2D eigenvalue weighted by Crippen LogP contribution is -2.22. The van der Waals surface area contributed by atoms with Crippen LogP contribution in [0.2, 0.25) is 0 Å². The molecule has 0 bridgehead atoms. The third kappa shape index (κ3) is 2.35. The molecule has 0 radical (unpaired) electrons. The fourth-order valence-corrected chi connectivity index (χ4v) is 4.31. The van der Waals surface area contributed by atoms with Crippen molar-refractivity contribution >= 4 is 27.7 Å². The average molecular weight is 374 g/mol. The van der Waals surface area contributed by atoms with Crippen molar-refractivity contribution in [1.82, 2.24) is 30.3 Å². The molecule has 7 nitrogen and oxygen atoms in total. The van der Waals surface area contributed by atoms with Crippen LogP contribution in [0, 0.1) is 6.92 Å². The van der Waals surface area contributed by atoms with Crippen LogP contribution in [0.4, 0.5) is 0 Å². The zero-order valence-corrected chi connectivity index (χ0v) is 16.3. The first-order chi connectivity index (χ1) is 13.6. The number of pyridine rings is 1. The van der Waals surface area contributed by atoms with Gasteiger partial charge in [0.05, 0.1) is 22.9 Å². The van der Waals surface area contributed by atoms with Gasteiger partial charge < -0.3 is 4.90 Å². The van der Waals surface area contributed by atoms with Crippen molar-refractivity contribution < 1.29 is 4.79 Å². The van der Waals surface area contributed by atoms with Gasteiger partial charge in [-0.2, -0.15) is 10.2 Å². The van der Waals surface area contributed by atoms with Gasteiger partial charge in [-0.1, -0.05) is 0 Å². The molecule has 0 spiro atoms. The molecule has 4 aromatic rings. The lowest BCUT2D eigenvalue weighted by molar-refractivity contribution is 0.0824. The van der Waals surface area contributed by atoms with E-state index < -0.39 is 0 Å². The van der Waals surface area contributed by atoms with Crippen LogP contribution in [0.1, 0.15) is 40.2 Å². The molecule has 2 N–H and O–H groups in total. The predicted molar refractivity (Wildman–Crippen MR) is 108 cm³/mol. The largest absolute Gasteiger partial charge is 0.343 e. The zero-order valence-electron chi connectivity index (χ0n) is 16.3. The highest BCUT2D eigenvalue weighted by molar-refractivity contribution is 6.16. The van der Waals surface area contributed by atoms with Crippen LogP contribution >= 0.6 is 0 Å². The number of rotatable bonds is 2. The number of nitrogens with zero attached hydrogens (tertiary/aromatic N) is 4. The Morgan fingerprint density at radius 2 is 1.86 bits per heavy atom. The second-order valence-electron chi connectivity index (χ2n) is 7.69. The molecule has 1 aliphatic carbocycles. The summed E-state index contributed by atoms with van der Waals surface area (Å²) in [4.78, 5) is 19.3. The Labute approximate surface area is 162 Å². The SMILES string of the molecule is Cc1[nH]ncc1-c1nc2ccc3[nH]nc(C(=O)N(C)C)c3c2c2c1CCCC2. The predicted octanol–water partition coefficient (Wildman–Crippen LogP) is 3.39. The Bertz CT molecular complexity index is 1230. The van der Waals surface area contributed by atoms with Crippen molar-refractivity contribution in [2.24, 2.45) is 0 Å². The average Bonchev–Trinajstić information content (AvgIpc) is 3.32. The molecule has 0 aliphatic heterocycles. The van der Waals surface area contributed by atoms with E-state index in [4.69, 9.17) is 4.98 Å². The number of hydrogen-bond acceptors (Lipinski definition) is 4. The second-order valence-corrected chi connectivity index (χ2v) is 7.69. The van der Waals surface area contributed by atoms with Crippen LogP contribution in [-0.2, 0) is 12.8 Å². The van der Waals surface area contributed by atoms with Gasteiger partial charge in [-0.3, -0.25) is 15.0 Å². The molecule has 1 aliphatic rings. The maximum absolute atomic E-state index is 12.7. The third-order valence-corrected chi connectivity index (χ3v) is 5.69. The number of aryl methyl sites for hydroxylation is 2. The van der Waals surface area contributed by atoms with Gasteiger partial charge in [-0.05, 0) is 55.9 Å². The van der Waals surface area contributed by atoms with Gasteiger partial charge in [0, 0.05) is 36.1 Å². The lowest BCUT2D eigenvalue weighted by atomic mass is 9.85. The van der Waals surface area contributed by atoms with Gasteiger partial charge in [0.15, 0.2) is 5.69 Å². The van der Waals surface area contributed by atoms with E-state index in [1.807, 2.05) is 25.3 Å². The number of nitrogens with one attached hydrogen (secondary N) is 2. The quantitative estimate of drug-likeness (QED) is 0.563. The van der Waals surface area contributed by atoms with Gasteiger partial charge in [-0.15, -0.1) is 0 Å². The zero-order chi connectivity index (χ0) is 19.4. The van der Waals surface area contributed by atoms with E-state index in [0.29, 0.717) is 5.69 Å². The van der Waals surface area contributed by atoms with Crippen molar-refractivity contribution in [2.75, 3.05) is 14.1 Å². The fourth-order valence-electron chi connectivity index (χ4n) is 4.31. The summed E-state index contributed by atoms with van der Waals surface area (Å²) in [6.45, 7) is 2.02. The number of benzene rings is 1. The first-order valence-corrected chi connectivity index (χ1v) is 9.60. The first kappa shape index (κ1) is 16.9. The summed E-state index contributed by atoms with van der Waals surface area (Å²) in [5.74, 6) is -0.0990. The number of amides is 1. The molecule has 0 saturated carbocycles. The third-order valence-electron chi connectivity index (χ3n) is 5.69. The molecule has 0 atom stereocenters. The molecular weight excluding hydrogens is 352 g/mol. The Kier molecular flexibility index (Phi) is 3.72. The standard InChI is InChI=1S/C21H22N6O/c1-11-14(10-22-24-11)19-13-7-5-4-6-12(13)17-15(23-19)8-9-16-18(17)20(26-25-16)21(28)27(2)3/h8-10H,4-7H2,1-3H3,(H,22,24)(H,25,26). The normalized spacial score (nSPS) is 13.8. The van der Waals surface area contributed by atoms with E-state index >= 15 is 0 Å². The van der Waals surface area contributed by atoms with E-state index in [2.05, 4.69) is 20.4 Å². The van der Waals surface area contributed by atoms with E-state index in [-0.39, 0.29) is 5.91 Å². The highest BCUT2D eigenvalue weighted by Gasteiger charge is 2.25. The van der Waals surface area contributed by atoms with Gasteiger partial charge in [0.25, 0.3) is 5.91 Å². The smallest absolute Gasteiger partial charge is 0.274 e. The van der Waals surface area contributed by atoms with Gasteiger partial charge in [0.1, 0.15) is 0 Å². The molecule has 28 heavy (non-hydrogen) atoms.